The van der Waals surface area contributed by atoms with E-state index in [1.54, 1.807) is 34.1 Å². The van der Waals surface area contributed by atoms with Gasteiger partial charge in [-0.2, -0.15) is 0 Å². The van der Waals surface area contributed by atoms with Crippen molar-refractivity contribution in [1.29, 1.82) is 0 Å². The molecule has 0 spiro atoms. The van der Waals surface area contributed by atoms with Gasteiger partial charge in [0, 0.05) is 38.6 Å². The quantitative estimate of drug-likeness (QED) is 0.842. The van der Waals surface area contributed by atoms with E-state index >= 15 is 0 Å². The first-order chi connectivity index (χ1) is 12.9. The maximum atomic E-state index is 12.7. The number of amides is 3. The Bertz CT molecular complexity index is 991. The summed E-state index contributed by atoms with van der Waals surface area (Å²) in [5, 5.41) is 2.75. The third-order valence-corrected chi connectivity index (χ3v) is 6.64. The summed E-state index contributed by atoms with van der Waals surface area (Å²) in [7, 11) is -3.73. The number of aromatic nitrogens is 1. The first-order valence-electron chi connectivity index (χ1n) is 8.70. The van der Waals surface area contributed by atoms with E-state index in [0.29, 0.717) is 31.7 Å². The Hall–Kier alpha value is -2.81. The average molecular weight is 388 g/mol. The lowest BCUT2D eigenvalue weighted by Crippen LogP contribution is -2.61. The van der Waals surface area contributed by atoms with E-state index in [4.69, 9.17) is 0 Å². The van der Waals surface area contributed by atoms with Gasteiger partial charge in [0.2, 0.25) is 0 Å². The topological polar surface area (TPSA) is 91.7 Å². The molecule has 2 aliphatic rings. The highest BCUT2D eigenvalue weighted by molar-refractivity contribution is 7.90. The number of rotatable bonds is 4. The Balaban J connectivity index is 1.46. The van der Waals surface area contributed by atoms with Gasteiger partial charge in [-0.1, -0.05) is 17.7 Å². The number of nitrogens with zero attached hydrogens (tertiary/aromatic N) is 3. The molecule has 4 rings (SSSR count). The van der Waals surface area contributed by atoms with Crippen LogP contribution in [0.15, 0.2) is 47.6 Å². The number of hydrogen-bond donors (Lipinski definition) is 1. The highest BCUT2D eigenvalue weighted by Gasteiger charge is 2.39. The van der Waals surface area contributed by atoms with Crippen molar-refractivity contribution in [1.82, 2.24) is 19.1 Å². The standard InChI is InChI=1S/C18H20N4O4S/c1-13-2-4-16(5-3-13)27(25,26)21-8-6-14(10-21)17(23)20-11-15(12-20)22-9-7-19-18(22)24/h2-6,8,10,15H,7,9,11-12H2,1H3,(H,19,24). The maximum Gasteiger partial charge on any atom is 0.317 e. The Kier molecular flexibility index (Phi) is 4.18. The lowest BCUT2D eigenvalue weighted by atomic mass is 10.1. The van der Waals surface area contributed by atoms with Gasteiger partial charge in [-0.15, -0.1) is 0 Å². The van der Waals surface area contributed by atoms with Crippen LogP contribution >= 0.6 is 0 Å². The molecule has 0 atom stereocenters. The largest absolute Gasteiger partial charge is 0.336 e. The summed E-state index contributed by atoms with van der Waals surface area (Å²) in [5.41, 5.74) is 1.28. The van der Waals surface area contributed by atoms with Crippen LogP contribution < -0.4 is 5.32 Å². The van der Waals surface area contributed by atoms with E-state index in [9.17, 15) is 18.0 Å². The van der Waals surface area contributed by atoms with Crippen molar-refractivity contribution < 1.29 is 18.0 Å². The molecule has 2 fully saturated rings. The smallest absolute Gasteiger partial charge is 0.317 e. The van der Waals surface area contributed by atoms with Crippen LogP contribution in [-0.4, -0.2) is 66.3 Å². The fourth-order valence-corrected chi connectivity index (χ4v) is 4.52. The minimum Gasteiger partial charge on any atom is -0.336 e. The van der Waals surface area contributed by atoms with Crippen LogP contribution in [0.4, 0.5) is 4.79 Å². The molecule has 1 aromatic heterocycles. The molecular weight excluding hydrogens is 368 g/mol. The molecule has 2 saturated heterocycles. The van der Waals surface area contributed by atoms with Crippen LogP contribution in [0.2, 0.25) is 0 Å². The Morgan fingerprint density at radius 2 is 1.85 bits per heavy atom. The number of urea groups is 1. The predicted octanol–water partition coefficient (Wildman–Crippen LogP) is 0.883. The number of aryl methyl sites for hydroxylation is 1. The van der Waals surface area contributed by atoms with Crippen LogP contribution in [0, 0.1) is 6.92 Å². The second kappa shape index (κ2) is 6.41. The van der Waals surface area contributed by atoms with Crippen molar-refractivity contribution in [2.75, 3.05) is 26.2 Å². The van der Waals surface area contributed by atoms with Gasteiger partial charge in [-0.25, -0.2) is 17.2 Å². The Labute approximate surface area is 157 Å². The molecule has 1 aromatic carbocycles. The number of hydrogen-bond acceptors (Lipinski definition) is 4. The van der Waals surface area contributed by atoms with Crippen molar-refractivity contribution in [2.24, 2.45) is 0 Å². The third-order valence-electron chi connectivity index (χ3n) is 4.99. The highest BCUT2D eigenvalue weighted by atomic mass is 32.2. The van der Waals surface area contributed by atoms with Crippen LogP contribution in [0.25, 0.3) is 0 Å². The van der Waals surface area contributed by atoms with Gasteiger partial charge in [-0.3, -0.25) is 4.79 Å². The van der Waals surface area contributed by atoms with Crippen LogP contribution in [0.3, 0.4) is 0 Å². The molecule has 0 unspecified atom stereocenters. The van der Waals surface area contributed by atoms with Gasteiger partial charge in [0.1, 0.15) is 0 Å². The molecule has 8 nitrogen and oxygen atoms in total. The fourth-order valence-electron chi connectivity index (χ4n) is 3.32. The van der Waals surface area contributed by atoms with Crippen molar-refractivity contribution in [3.8, 4) is 0 Å². The number of likely N-dealkylation sites (tertiary alicyclic amines) is 1. The lowest BCUT2D eigenvalue weighted by molar-refractivity contribution is 0.0407. The Morgan fingerprint density at radius 1 is 1.15 bits per heavy atom. The summed E-state index contributed by atoms with van der Waals surface area (Å²) in [4.78, 5) is 27.8. The SMILES string of the molecule is Cc1ccc(S(=O)(=O)n2ccc(C(=O)N3CC(N4CCNC4=O)C3)c2)cc1. The minimum atomic E-state index is -3.73. The first-order valence-corrected chi connectivity index (χ1v) is 10.1. The number of carbonyl (C=O) groups excluding carboxylic acids is 2. The van der Waals surface area contributed by atoms with Gasteiger partial charge in [0.25, 0.3) is 15.9 Å². The van der Waals surface area contributed by atoms with Crippen molar-refractivity contribution in [3.63, 3.8) is 0 Å². The fraction of sp³-hybridized carbons (Fsp3) is 0.333. The van der Waals surface area contributed by atoms with Crippen molar-refractivity contribution >= 4 is 22.0 Å². The molecule has 3 heterocycles. The van der Waals surface area contributed by atoms with Crippen LogP contribution in [-0.2, 0) is 10.0 Å². The summed E-state index contributed by atoms with van der Waals surface area (Å²) in [6.45, 7) is 4.08. The molecule has 3 amide bonds. The van der Waals surface area contributed by atoms with E-state index in [1.165, 1.54) is 18.5 Å². The van der Waals surface area contributed by atoms with Gasteiger partial charge >= 0.3 is 6.03 Å². The minimum absolute atomic E-state index is 0.0230. The summed E-state index contributed by atoms with van der Waals surface area (Å²) >= 11 is 0. The molecule has 0 radical (unpaired) electrons. The molecule has 2 aliphatic heterocycles. The van der Waals surface area contributed by atoms with E-state index in [0.717, 1.165) is 9.54 Å². The van der Waals surface area contributed by atoms with E-state index in [-0.39, 0.29) is 22.9 Å². The van der Waals surface area contributed by atoms with Gasteiger partial charge < -0.3 is 15.1 Å². The summed E-state index contributed by atoms with van der Waals surface area (Å²) in [5.74, 6) is -0.233. The average Bonchev–Trinajstić information content (AvgIpc) is 3.24. The third kappa shape index (κ3) is 3.08. The van der Waals surface area contributed by atoms with Crippen LogP contribution in [0.5, 0.6) is 0 Å². The molecule has 2 aromatic rings. The molecule has 1 N–H and O–H groups in total. The molecule has 0 saturated carbocycles. The van der Waals surface area contributed by atoms with Crippen LogP contribution in [0.1, 0.15) is 15.9 Å². The van der Waals surface area contributed by atoms with E-state index in [2.05, 4.69) is 5.32 Å². The van der Waals surface area contributed by atoms with E-state index in [1.807, 2.05) is 6.92 Å². The van der Waals surface area contributed by atoms with Crippen molar-refractivity contribution in [2.45, 2.75) is 17.9 Å². The van der Waals surface area contributed by atoms with Gasteiger partial charge in [-0.05, 0) is 25.1 Å². The zero-order chi connectivity index (χ0) is 19.2. The lowest BCUT2D eigenvalue weighted by Gasteiger charge is -2.43. The van der Waals surface area contributed by atoms with Gasteiger partial charge in [0.15, 0.2) is 0 Å². The number of nitrogens with one attached hydrogen (secondary N) is 1. The molecule has 142 valence electrons. The molecular formula is C18H20N4O4S. The number of benzene rings is 1. The highest BCUT2D eigenvalue weighted by Crippen LogP contribution is 2.21. The normalized spacial score (nSPS) is 17.7. The zero-order valence-electron chi connectivity index (χ0n) is 14.8. The summed E-state index contributed by atoms with van der Waals surface area (Å²) in [6.07, 6.45) is 2.72. The first kappa shape index (κ1) is 17.6. The summed E-state index contributed by atoms with van der Waals surface area (Å²) < 4.78 is 26.4. The number of carbonyl (C=O) groups is 2. The second-order valence-electron chi connectivity index (χ2n) is 6.84. The molecule has 9 heteroatoms. The zero-order valence-corrected chi connectivity index (χ0v) is 15.6. The van der Waals surface area contributed by atoms with Gasteiger partial charge in [0.05, 0.1) is 16.5 Å². The summed E-state index contributed by atoms with van der Waals surface area (Å²) in [6, 6.07) is 8.00. The van der Waals surface area contributed by atoms with Crippen molar-refractivity contribution in [3.05, 3.63) is 53.9 Å². The molecule has 0 aliphatic carbocycles. The molecule has 0 bridgehead atoms. The maximum absolute atomic E-state index is 12.7. The monoisotopic (exact) mass is 388 g/mol. The predicted molar refractivity (Wildman–Crippen MR) is 98.0 cm³/mol. The second-order valence-corrected chi connectivity index (χ2v) is 8.68. The molecule has 27 heavy (non-hydrogen) atoms. The van der Waals surface area contributed by atoms with E-state index < -0.39 is 10.0 Å². The Morgan fingerprint density at radius 3 is 2.48 bits per heavy atom.